The van der Waals surface area contributed by atoms with Crippen molar-refractivity contribution in [3.8, 4) is 0 Å². The van der Waals surface area contributed by atoms with E-state index in [4.69, 9.17) is 18.9 Å². The van der Waals surface area contributed by atoms with Gasteiger partial charge in [-0.15, -0.1) is 0 Å². The number of hydrogen-bond donors (Lipinski definition) is 3. The van der Waals surface area contributed by atoms with Gasteiger partial charge < -0.3 is 34.3 Å². The smallest absolute Gasteiger partial charge is 0.331 e. The van der Waals surface area contributed by atoms with E-state index in [1.165, 1.54) is 6.08 Å². The molecule has 2 heterocycles. The zero-order chi connectivity index (χ0) is 27.0. The van der Waals surface area contributed by atoms with Crippen molar-refractivity contribution in [2.45, 2.75) is 95.1 Å². The molecule has 0 unspecified atom stereocenters. The van der Waals surface area contributed by atoms with Crippen LogP contribution in [0.4, 0.5) is 0 Å². The van der Waals surface area contributed by atoms with Crippen LogP contribution in [0, 0.1) is 28.6 Å². The molecule has 3 N–H and O–H groups in total. The summed E-state index contributed by atoms with van der Waals surface area (Å²) < 4.78 is 22.2. The highest BCUT2D eigenvalue weighted by Crippen LogP contribution is 2.68. The van der Waals surface area contributed by atoms with Crippen LogP contribution in [-0.4, -0.2) is 83.7 Å². The maximum absolute atomic E-state index is 14.0. The molecular weight excluding hydrogens is 492 g/mol. The van der Waals surface area contributed by atoms with Crippen LogP contribution in [0.25, 0.3) is 0 Å². The molecule has 9 nitrogen and oxygen atoms in total. The van der Waals surface area contributed by atoms with Crippen LogP contribution < -0.4 is 0 Å². The van der Waals surface area contributed by atoms with E-state index >= 15 is 0 Å². The van der Waals surface area contributed by atoms with E-state index in [1.807, 2.05) is 13.0 Å². The monoisotopic (exact) mass is 532 g/mol. The fraction of sp³-hybridized carbons (Fsp3) is 0.793. The minimum atomic E-state index is -1.17. The Morgan fingerprint density at radius 1 is 1.11 bits per heavy atom. The van der Waals surface area contributed by atoms with Crippen molar-refractivity contribution in [3.05, 3.63) is 23.3 Å². The molecule has 38 heavy (non-hydrogen) atoms. The summed E-state index contributed by atoms with van der Waals surface area (Å²) in [6.07, 6.45) is 3.70. The lowest BCUT2D eigenvalue weighted by atomic mass is 9.44. The van der Waals surface area contributed by atoms with E-state index in [2.05, 4.69) is 6.92 Å². The Morgan fingerprint density at radius 2 is 1.89 bits per heavy atom. The Bertz CT molecular complexity index is 1070. The van der Waals surface area contributed by atoms with Gasteiger partial charge in [-0.3, -0.25) is 4.79 Å². The average molecular weight is 533 g/mol. The second kappa shape index (κ2) is 9.21. The molecular formula is C29H40O9. The third-order valence-electron chi connectivity index (χ3n) is 11.2. The first-order valence-electron chi connectivity index (χ1n) is 14.0. The third kappa shape index (κ3) is 3.65. The Balaban J connectivity index is 1.26. The highest BCUT2D eigenvalue weighted by Gasteiger charge is 2.71. The van der Waals surface area contributed by atoms with Gasteiger partial charge in [0, 0.05) is 19.6 Å². The first-order valence-corrected chi connectivity index (χ1v) is 14.0. The number of ketones is 1. The number of allylic oxidation sites excluding steroid dienone is 1. The number of carbonyl (C=O) groups excluding carboxylic acids is 2. The van der Waals surface area contributed by atoms with E-state index in [-0.39, 0.29) is 42.2 Å². The largest absolute Gasteiger partial charge is 0.458 e. The molecule has 0 aromatic rings. The van der Waals surface area contributed by atoms with E-state index < -0.39 is 41.0 Å². The van der Waals surface area contributed by atoms with Crippen molar-refractivity contribution in [2.75, 3.05) is 20.3 Å². The molecule has 6 aliphatic rings. The summed E-state index contributed by atoms with van der Waals surface area (Å²) in [7, 11) is 1.55. The van der Waals surface area contributed by atoms with Crippen LogP contribution in [0.15, 0.2) is 23.3 Å². The SMILES string of the molecule is CO[C@H]1CCO[C@@H](O[C@@H]2C=C3CC[C@@H]4[C@H](CC(=O)[C@]5(C)[C@@H](C6=CC(=O)OC6)CC[C@]45O)[C@@]3(C)C[C@H]2O)[C@H]1O. The number of carbonyl (C=O) groups is 2. The maximum Gasteiger partial charge on any atom is 0.331 e. The van der Waals surface area contributed by atoms with Gasteiger partial charge in [-0.05, 0) is 74.2 Å². The van der Waals surface area contributed by atoms with Gasteiger partial charge in [-0.25, -0.2) is 4.79 Å². The fourth-order valence-corrected chi connectivity index (χ4v) is 9.02. The zero-order valence-corrected chi connectivity index (χ0v) is 22.4. The predicted molar refractivity (Wildman–Crippen MR) is 134 cm³/mol. The van der Waals surface area contributed by atoms with Gasteiger partial charge in [0.05, 0.1) is 29.8 Å². The van der Waals surface area contributed by atoms with Crippen molar-refractivity contribution in [3.63, 3.8) is 0 Å². The van der Waals surface area contributed by atoms with Crippen LogP contribution >= 0.6 is 0 Å². The van der Waals surface area contributed by atoms with E-state index in [0.29, 0.717) is 38.7 Å². The van der Waals surface area contributed by atoms with Crippen LogP contribution in [-0.2, 0) is 28.5 Å². The van der Waals surface area contributed by atoms with Crippen molar-refractivity contribution in [1.82, 2.24) is 0 Å². The average Bonchev–Trinajstić information content (AvgIpc) is 3.42. The number of fused-ring (bicyclic) bond motifs is 5. The number of ether oxygens (including phenoxy) is 4. The predicted octanol–water partition coefficient (Wildman–Crippen LogP) is 1.82. The summed E-state index contributed by atoms with van der Waals surface area (Å²) in [5, 5.41) is 34.1. The number of methoxy groups -OCH3 is 1. The Kier molecular flexibility index (Phi) is 6.45. The number of rotatable bonds is 4. The van der Waals surface area contributed by atoms with Gasteiger partial charge in [-0.1, -0.05) is 18.6 Å². The van der Waals surface area contributed by atoms with Crippen LogP contribution in [0.1, 0.15) is 58.8 Å². The standard InChI is InChI=1S/C29H40O9/c1-27-13-20(30)22(38-26-25(33)21(35-3)7-9-36-26)11-16(27)4-5-18-19(27)12-23(31)28(2)17(6-8-29(18,28)34)15-10-24(32)37-14-15/h10-11,17-22,25-26,30,33-34H,4-9,12-14H2,1-3H3/t17-,18-,19+,20-,21+,22-,25+,26+,27+,28+,29+/m1/s1. The van der Waals surface area contributed by atoms with Gasteiger partial charge in [0.1, 0.15) is 24.6 Å². The fourth-order valence-electron chi connectivity index (χ4n) is 9.02. The molecule has 3 saturated carbocycles. The van der Waals surface area contributed by atoms with Crippen LogP contribution in [0.2, 0.25) is 0 Å². The lowest BCUT2D eigenvalue weighted by Crippen LogP contribution is -2.65. The summed E-state index contributed by atoms with van der Waals surface area (Å²) in [5.41, 5.74) is -0.642. The normalized spacial score (nSPS) is 50.5. The molecule has 0 aromatic carbocycles. The van der Waals surface area contributed by atoms with Crippen molar-refractivity contribution in [1.29, 1.82) is 0 Å². The van der Waals surface area contributed by atoms with E-state index in [9.17, 15) is 24.9 Å². The molecule has 0 aromatic heterocycles. The summed E-state index contributed by atoms with van der Waals surface area (Å²) >= 11 is 0. The second-order valence-electron chi connectivity index (χ2n) is 12.7. The van der Waals surface area contributed by atoms with Crippen molar-refractivity contribution in [2.24, 2.45) is 28.6 Å². The minimum absolute atomic E-state index is 0.0312. The molecule has 1 saturated heterocycles. The van der Waals surface area contributed by atoms with Gasteiger partial charge in [0.15, 0.2) is 6.29 Å². The Labute approximate surface area is 223 Å². The third-order valence-corrected chi connectivity index (χ3v) is 11.2. The molecule has 2 aliphatic heterocycles. The lowest BCUT2D eigenvalue weighted by Gasteiger charge is -2.61. The number of aliphatic hydroxyl groups is 3. The van der Waals surface area contributed by atoms with Crippen molar-refractivity contribution < 1.29 is 43.9 Å². The highest BCUT2D eigenvalue weighted by atomic mass is 16.7. The number of hydrogen-bond acceptors (Lipinski definition) is 9. The number of esters is 1. The van der Waals surface area contributed by atoms with Gasteiger partial charge in [0.2, 0.25) is 0 Å². The molecule has 9 heteroatoms. The Morgan fingerprint density at radius 3 is 2.61 bits per heavy atom. The van der Waals surface area contributed by atoms with Gasteiger partial charge in [-0.2, -0.15) is 0 Å². The van der Waals surface area contributed by atoms with Gasteiger partial charge in [0.25, 0.3) is 0 Å². The molecule has 0 radical (unpaired) electrons. The zero-order valence-electron chi connectivity index (χ0n) is 22.4. The first kappa shape index (κ1) is 26.6. The minimum Gasteiger partial charge on any atom is -0.458 e. The number of aliphatic hydroxyl groups excluding tert-OH is 2. The lowest BCUT2D eigenvalue weighted by molar-refractivity contribution is -0.267. The molecule has 4 fully saturated rings. The first-order chi connectivity index (χ1) is 18.0. The van der Waals surface area contributed by atoms with Crippen molar-refractivity contribution >= 4 is 11.8 Å². The van der Waals surface area contributed by atoms with Crippen LogP contribution in [0.5, 0.6) is 0 Å². The molecule has 4 aliphatic carbocycles. The Hall–Kier alpha value is -1.62. The highest BCUT2D eigenvalue weighted by molar-refractivity contribution is 5.90. The summed E-state index contributed by atoms with van der Waals surface area (Å²) in [6, 6.07) is 0. The molecule has 0 amide bonds. The van der Waals surface area contributed by atoms with E-state index in [0.717, 1.165) is 24.0 Å². The van der Waals surface area contributed by atoms with Crippen LogP contribution in [0.3, 0.4) is 0 Å². The summed E-state index contributed by atoms with van der Waals surface area (Å²) in [6.45, 7) is 4.60. The molecule has 210 valence electrons. The van der Waals surface area contributed by atoms with E-state index in [1.54, 1.807) is 7.11 Å². The number of Topliss-reactive ketones (excluding diaryl/α,β-unsaturated/α-hetero) is 1. The summed E-state index contributed by atoms with van der Waals surface area (Å²) in [5.74, 6) is -0.746. The van der Waals surface area contributed by atoms with Gasteiger partial charge >= 0.3 is 5.97 Å². The second-order valence-corrected chi connectivity index (χ2v) is 12.7. The maximum atomic E-state index is 14.0. The molecule has 6 rings (SSSR count). The molecule has 0 spiro atoms. The topological polar surface area (TPSA) is 132 Å². The molecule has 0 bridgehead atoms. The number of cyclic esters (lactones) is 1. The summed E-state index contributed by atoms with van der Waals surface area (Å²) in [4.78, 5) is 25.7. The molecule has 11 atom stereocenters. The quantitative estimate of drug-likeness (QED) is 0.366.